The third-order valence-electron chi connectivity index (χ3n) is 1.90. The van der Waals surface area contributed by atoms with E-state index in [4.69, 9.17) is 5.26 Å². The molecule has 5 heteroatoms. The molecule has 1 N–H and O–H groups in total. The van der Waals surface area contributed by atoms with Crippen molar-refractivity contribution < 1.29 is 13.6 Å². The van der Waals surface area contributed by atoms with Crippen molar-refractivity contribution in [3.05, 3.63) is 35.4 Å². The zero-order valence-corrected chi connectivity index (χ0v) is 8.46. The maximum atomic E-state index is 12.8. The van der Waals surface area contributed by atoms with E-state index in [1.165, 1.54) is 12.1 Å². The maximum absolute atomic E-state index is 12.8. The SMILES string of the molecule is N#CCC(=O)NCCc1cc(F)cc(F)c1. The summed E-state index contributed by atoms with van der Waals surface area (Å²) in [6.45, 7) is 0.253. The molecule has 1 rings (SSSR count). The predicted molar refractivity (Wildman–Crippen MR) is 53.3 cm³/mol. The van der Waals surface area contributed by atoms with Crippen LogP contribution in [-0.2, 0) is 11.2 Å². The molecule has 0 unspecified atom stereocenters. The molecule has 0 atom stereocenters. The van der Waals surface area contributed by atoms with Crippen molar-refractivity contribution in [3.63, 3.8) is 0 Å². The van der Waals surface area contributed by atoms with Gasteiger partial charge in [0, 0.05) is 12.6 Å². The van der Waals surface area contributed by atoms with Crippen LogP contribution in [-0.4, -0.2) is 12.5 Å². The molecule has 84 valence electrons. The molecule has 0 aromatic heterocycles. The number of amides is 1. The average Bonchev–Trinajstić information content (AvgIpc) is 2.16. The Hall–Kier alpha value is -1.96. The summed E-state index contributed by atoms with van der Waals surface area (Å²) in [5.74, 6) is -1.67. The largest absolute Gasteiger partial charge is 0.355 e. The average molecular weight is 224 g/mol. The Morgan fingerprint density at radius 3 is 2.50 bits per heavy atom. The van der Waals surface area contributed by atoms with Gasteiger partial charge in [0.1, 0.15) is 18.1 Å². The molecule has 0 bridgehead atoms. The van der Waals surface area contributed by atoms with Crippen molar-refractivity contribution >= 4 is 5.91 Å². The van der Waals surface area contributed by atoms with Gasteiger partial charge in [0.2, 0.25) is 5.91 Å². The van der Waals surface area contributed by atoms with Crippen LogP contribution in [0.3, 0.4) is 0 Å². The van der Waals surface area contributed by atoms with E-state index in [-0.39, 0.29) is 18.9 Å². The summed E-state index contributed by atoms with van der Waals surface area (Å²) in [5, 5.41) is 10.7. The molecule has 0 spiro atoms. The van der Waals surface area contributed by atoms with Gasteiger partial charge < -0.3 is 5.32 Å². The van der Waals surface area contributed by atoms with Crippen LogP contribution in [0.5, 0.6) is 0 Å². The lowest BCUT2D eigenvalue weighted by Gasteiger charge is -2.03. The summed E-state index contributed by atoms with van der Waals surface area (Å²) in [5.41, 5.74) is 0.467. The highest BCUT2D eigenvalue weighted by atomic mass is 19.1. The number of carbonyl (C=O) groups excluding carboxylic acids is 1. The first-order valence-corrected chi connectivity index (χ1v) is 4.70. The van der Waals surface area contributed by atoms with Crippen molar-refractivity contribution in [2.24, 2.45) is 0 Å². The van der Waals surface area contributed by atoms with E-state index in [1.807, 2.05) is 0 Å². The van der Waals surface area contributed by atoms with Crippen molar-refractivity contribution in [3.8, 4) is 6.07 Å². The second-order valence-electron chi connectivity index (χ2n) is 3.21. The van der Waals surface area contributed by atoms with Gasteiger partial charge in [-0.1, -0.05) is 0 Å². The fourth-order valence-corrected chi connectivity index (χ4v) is 1.24. The molecule has 0 saturated carbocycles. The summed E-state index contributed by atoms with van der Waals surface area (Å²) in [4.78, 5) is 10.9. The van der Waals surface area contributed by atoms with Crippen molar-refractivity contribution in [1.29, 1.82) is 5.26 Å². The van der Waals surface area contributed by atoms with Crippen LogP contribution < -0.4 is 5.32 Å². The normalized spacial score (nSPS) is 9.56. The summed E-state index contributed by atoms with van der Waals surface area (Å²) in [7, 11) is 0. The van der Waals surface area contributed by atoms with Gasteiger partial charge in [0.25, 0.3) is 0 Å². The Kier molecular flexibility index (Phi) is 4.40. The fourth-order valence-electron chi connectivity index (χ4n) is 1.24. The van der Waals surface area contributed by atoms with Crippen molar-refractivity contribution in [1.82, 2.24) is 5.32 Å². The van der Waals surface area contributed by atoms with Gasteiger partial charge in [-0.25, -0.2) is 8.78 Å². The predicted octanol–water partition coefficient (Wildman–Crippen LogP) is 1.54. The van der Waals surface area contributed by atoms with Gasteiger partial charge in [-0.3, -0.25) is 4.79 Å². The molecular formula is C11H10F2N2O. The van der Waals surface area contributed by atoms with E-state index in [0.717, 1.165) is 6.07 Å². The van der Waals surface area contributed by atoms with E-state index in [2.05, 4.69) is 5.32 Å². The van der Waals surface area contributed by atoms with Crippen LogP contribution in [0.25, 0.3) is 0 Å². The third kappa shape index (κ3) is 4.05. The van der Waals surface area contributed by atoms with Crippen molar-refractivity contribution in [2.75, 3.05) is 6.54 Å². The highest BCUT2D eigenvalue weighted by Crippen LogP contribution is 2.07. The summed E-state index contributed by atoms with van der Waals surface area (Å²) >= 11 is 0. The van der Waals surface area contributed by atoms with Gasteiger partial charge in [0.15, 0.2) is 0 Å². The Morgan fingerprint density at radius 1 is 1.31 bits per heavy atom. The minimum absolute atomic E-state index is 0.211. The van der Waals surface area contributed by atoms with Gasteiger partial charge in [0.05, 0.1) is 6.07 Å². The summed E-state index contributed by atoms with van der Waals surface area (Å²) in [6.07, 6.45) is 0.114. The number of nitrogens with zero attached hydrogens (tertiary/aromatic N) is 1. The summed E-state index contributed by atoms with van der Waals surface area (Å²) < 4.78 is 25.5. The number of hydrogen-bond acceptors (Lipinski definition) is 2. The number of benzene rings is 1. The first-order valence-electron chi connectivity index (χ1n) is 4.70. The molecule has 0 fully saturated rings. The number of nitrogens with one attached hydrogen (secondary N) is 1. The minimum Gasteiger partial charge on any atom is -0.355 e. The maximum Gasteiger partial charge on any atom is 0.234 e. The Morgan fingerprint density at radius 2 is 1.94 bits per heavy atom. The third-order valence-corrected chi connectivity index (χ3v) is 1.90. The highest BCUT2D eigenvalue weighted by molar-refractivity contribution is 5.77. The monoisotopic (exact) mass is 224 g/mol. The number of rotatable bonds is 4. The number of halogens is 2. The molecule has 0 radical (unpaired) electrons. The van der Waals surface area contributed by atoms with Crippen LogP contribution in [0.15, 0.2) is 18.2 Å². The van der Waals surface area contributed by atoms with Crippen LogP contribution in [0.2, 0.25) is 0 Å². The molecule has 16 heavy (non-hydrogen) atoms. The Bertz CT molecular complexity index is 406. The topological polar surface area (TPSA) is 52.9 Å². The summed E-state index contributed by atoms with van der Waals surface area (Å²) in [6, 6.07) is 4.91. The molecule has 0 aliphatic rings. The van der Waals surface area contributed by atoms with Gasteiger partial charge in [-0.15, -0.1) is 0 Å². The minimum atomic E-state index is -0.640. The van der Waals surface area contributed by atoms with E-state index in [0.29, 0.717) is 12.0 Å². The molecule has 0 aliphatic carbocycles. The first-order chi connectivity index (χ1) is 7.61. The number of carbonyl (C=O) groups is 1. The van der Waals surface area contributed by atoms with E-state index < -0.39 is 11.6 Å². The second-order valence-corrected chi connectivity index (χ2v) is 3.21. The molecule has 3 nitrogen and oxygen atoms in total. The Balaban J connectivity index is 2.43. The van der Waals surface area contributed by atoms with Gasteiger partial charge in [-0.2, -0.15) is 5.26 Å². The van der Waals surface area contributed by atoms with Crippen molar-refractivity contribution in [2.45, 2.75) is 12.8 Å². The zero-order chi connectivity index (χ0) is 12.0. The fraction of sp³-hybridized carbons (Fsp3) is 0.273. The first kappa shape index (κ1) is 12.1. The Labute approximate surface area is 91.7 Å². The van der Waals surface area contributed by atoms with Crippen LogP contribution >= 0.6 is 0 Å². The standard InChI is InChI=1S/C11H10F2N2O/c12-9-5-8(6-10(13)7-9)2-4-15-11(16)1-3-14/h5-7H,1-2,4H2,(H,15,16). The van der Waals surface area contributed by atoms with E-state index in [9.17, 15) is 13.6 Å². The quantitative estimate of drug-likeness (QED) is 0.843. The molecule has 0 aliphatic heterocycles. The lowest BCUT2D eigenvalue weighted by Crippen LogP contribution is -2.24. The van der Waals surface area contributed by atoms with Crippen LogP contribution in [0, 0.1) is 23.0 Å². The lowest BCUT2D eigenvalue weighted by molar-refractivity contribution is -0.120. The van der Waals surface area contributed by atoms with Crippen LogP contribution in [0.4, 0.5) is 8.78 Å². The van der Waals surface area contributed by atoms with E-state index >= 15 is 0 Å². The second kappa shape index (κ2) is 5.81. The molecular weight excluding hydrogens is 214 g/mol. The number of hydrogen-bond donors (Lipinski definition) is 1. The highest BCUT2D eigenvalue weighted by Gasteiger charge is 2.02. The van der Waals surface area contributed by atoms with Crippen LogP contribution in [0.1, 0.15) is 12.0 Å². The smallest absolute Gasteiger partial charge is 0.234 e. The molecule has 0 saturated heterocycles. The molecule has 0 heterocycles. The van der Waals surface area contributed by atoms with Gasteiger partial charge in [-0.05, 0) is 24.1 Å². The number of nitriles is 1. The molecule has 1 aromatic carbocycles. The lowest BCUT2D eigenvalue weighted by atomic mass is 10.1. The van der Waals surface area contributed by atoms with Gasteiger partial charge >= 0.3 is 0 Å². The molecule has 1 amide bonds. The van der Waals surface area contributed by atoms with E-state index in [1.54, 1.807) is 6.07 Å². The zero-order valence-electron chi connectivity index (χ0n) is 8.46. The molecule has 1 aromatic rings.